The van der Waals surface area contributed by atoms with Crippen molar-refractivity contribution in [2.75, 3.05) is 6.54 Å². The van der Waals surface area contributed by atoms with Crippen molar-refractivity contribution in [3.8, 4) is 0 Å². The van der Waals surface area contributed by atoms with Gasteiger partial charge in [0.25, 0.3) is 11.1 Å². The fourth-order valence-corrected chi connectivity index (χ4v) is 3.31. The maximum atomic E-state index is 12.6. The minimum atomic E-state index is -0.392. The lowest BCUT2D eigenvalue weighted by Gasteiger charge is -2.21. The maximum Gasteiger partial charge on any atom is 0.273 e. The van der Waals surface area contributed by atoms with E-state index in [0.717, 1.165) is 9.56 Å². The Balaban J connectivity index is 1.89. The summed E-state index contributed by atoms with van der Waals surface area (Å²) < 4.78 is 1.07. The van der Waals surface area contributed by atoms with E-state index in [1.165, 1.54) is 0 Å². The fourth-order valence-electron chi connectivity index (χ4n) is 2.59. The number of nitrogens with one attached hydrogen (secondary N) is 1. The van der Waals surface area contributed by atoms with Crippen LogP contribution in [0.5, 0.6) is 0 Å². The highest BCUT2D eigenvalue weighted by Crippen LogP contribution is 2.12. The molecule has 1 amide bonds. The van der Waals surface area contributed by atoms with E-state index in [-0.39, 0.29) is 12.5 Å². The van der Waals surface area contributed by atoms with Crippen molar-refractivity contribution in [2.45, 2.75) is 13.1 Å². The Bertz CT molecular complexity index is 1020. The standard InChI is InChI=1S/C18H17N3O3S/c1-2-9-20(11-13-6-5-10-25-13)16(22)12-21-18(24)15-8-4-3-7-14(15)17(23)19-21/h2-8,10H,1,9,11-12H2,(H,19,23). The van der Waals surface area contributed by atoms with Gasteiger partial charge in [-0.2, -0.15) is 0 Å². The van der Waals surface area contributed by atoms with Gasteiger partial charge in [0.15, 0.2) is 0 Å². The van der Waals surface area contributed by atoms with Gasteiger partial charge in [-0.3, -0.25) is 19.5 Å². The van der Waals surface area contributed by atoms with Crippen LogP contribution in [0.1, 0.15) is 4.88 Å². The molecule has 2 heterocycles. The number of nitrogens with zero attached hydrogens (tertiary/aromatic N) is 2. The van der Waals surface area contributed by atoms with Gasteiger partial charge in [0.05, 0.1) is 17.3 Å². The Hall–Kier alpha value is -2.93. The molecule has 0 fully saturated rings. The highest BCUT2D eigenvalue weighted by Gasteiger charge is 2.16. The van der Waals surface area contributed by atoms with Crippen LogP contribution in [0.2, 0.25) is 0 Å². The van der Waals surface area contributed by atoms with Gasteiger partial charge < -0.3 is 4.90 Å². The molecule has 0 spiro atoms. The molecule has 1 N–H and O–H groups in total. The second-order valence-electron chi connectivity index (χ2n) is 5.52. The number of H-pyrrole nitrogens is 1. The lowest BCUT2D eigenvalue weighted by Crippen LogP contribution is -2.39. The van der Waals surface area contributed by atoms with E-state index in [1.807, 2.05) is 17.5 Å². The Morgan fingerprint density at radius 2 is 1.96 bits per heavy atom. The zero-order valence-electron chi connectivity index (χ0n) is 13.5. The van der Waals surface area contributed by atoms with Crippen LogP contribution in [-0.4, -0.2) is 27.1 Å². The van der Waals surface area contributed by atoms with E-state index < -0.39 is 11.1 Å². The molecule has 0 aliphatic rings. The summed E-state index contributed by atoms with van der Waals surface area (Å²) in [5.41, 5.74) is -0.783. The third-order valence-electron chi connectivity index (χ3n) is 3.81. The topological polar surface area (TPSA) is 75.2 Å². The van der Waals surface area contributed by atoms with Gasteiger partial charge in [0.1, 0.15) is 6.54 Å². The zero-order valence-corrected chi connectivity index (χ0v) is 14.3. The van der Waals surface area contributed by atoms with Crippen LogP contribution in [0, 0.1) is 0 Å². The molecule has 0 bridgehead atoms. The number of aromatic amines is 1. The molecule has 3 rings (SSSR count). The number of hydrogen-bond acceptors (Lipinski definition) is 4. The zero-order chi connectivity index (χ0) is 17.8. The van der Waals surface area contributed by atoms with E-state index in [4.69, 9.17) is 0 Å². The quantitative estimate of drug-likeness (QED) is 0.687. The predicted molar refractivity (Wildman–Crippen MR) is 98.8 cm³/mol. The SMILES string of the molecule is C=CCN(Cc1cccs1)C(=O)Cn1[nH]c(=O)c2ccccc2c1=O. The summed E-state index contributed by atoms with van der Waals surface area (Å²) in [5.74, 6) is -0.263. The van der Waals surface area contributed by atoms with Crippen LogP contribution in [-0.2, 0) is 17.9 Å². The normalized spacial score (nSPS) is 10.7. The van der Waals surface area contributed by atoms with Crippen LogP contribution in [0.15, 0.2) is 64.0 Å². The number of thiophene rings is 1. The number of rotatable bonds is 6. The van der Waals surface area contributed by atoms with Gasteiger partial charge in [0, 0.05) is 11.4 Å². The van der Waals surface area contributed by atoms with Crippen molar-refractivity contribution in [3.63, 3.8) is 0 Å². The summed E-state index contributed by atoms with van der Waals surface area (Å²) in [6, 6.07) is 10.4. The van der Waals surface area contributed by atoms with Crippen LogP contribution < -0.4 is 11.1 Å². The third-order valence-corrected chi connectivity index (χ3v) is 4.67. The smallest absolute Gasteiger partial charge is 0.273 e. The van der Waals surface area contributed by atoms with Crippen LogP contribution in [0.3, 0.4) is 0 Å². The number of benzene rings is 1. The molecular formula is C18H17N3O3S. The number of hydrogen-bond donors (Lipinski definition) is 1. The fraction of sp³-hybridized carbons (Fsp3) is 0.167. The largest absolute Gasteiger partial charge is 0.332 e. The summed E-state index contributed by atoms with van der Waals surface area (Å²) in [4.78, 5) is 39.9. The molecule has 0 atom stereocenters. The highest BCUT2D eigenvalue weighted by molar-refractivity contribution is 7.09. The van der Waals surface area contributed by atoms with E-state index in [2.05, 4.69) is 11.7 Å². The molecule has 1 aromatic carbocycles. The minimum absolute atomic E-state index is 0.224. The molecule has 0 aliphatic carbocycles. The average molecular weight is 355 g/mol. The van der Waals surface area contributed by atoms with E-state index in [9.17, 15) is 14.4 Å². The monoisotopic (exact) mass is 355 g/mol. The van der Waals surface area contributed by atoms with Gasteiger partial charge in [0.2, 0.25) is 5.91 Å². The van der Waals surface area contributed by atoms with E-state index in [0.29, 0.717) is 23.9 Å². The minimum Gasteiger partial charge on any atom is -0.332 e. The first kappa shape index (κ1) is 16.9. The van der Waals surface area contributed by atoms with Crippen molar-refractivity contribution >= 4 is 28.0 Å². The summed E-state index contributed by atoms with van der Waals surface area (Å²) in [6.07, 6.45) is 1.64. The molecule has 0 unspecified atom stereocenters. The van der Waals surface area contributed by atoms with Crippen LogP contribution >= 0.6 is 11.3 Å². The second kappa shape index (κ2) is 7.31. The van der Waals surface area contributed by atoms with Gasteiger partial charge in [-0.05, 0) is 23.6 Å². The van der Waals surface area contributed by atoms with Gasteiger partial charge in [-0.1, -0.05) is 24.3 Å². The molecular weight excluding hydrogens is 338 g/mol. The molecule has 0 aliphatic heterocycles. The summed E-state index contributed by atoms with van der Waals surface area (Å²) in [5, 5.41) is 5.04. The first-order valence-electron chi connectivity index (χ1n) is 7.73. The van der Waals surface area contributed by atoms with Crippen molar-refractivity contribution in [1.82, 2.24) is 14.7 Å². The third kappa shape index (κ3) is 3.61. The predicted octanol–water partition coefficient (Wildman–Crippen LogP) is 1.97. The van der Waals surface area contributed by atoms with Crippen LogP contribution in [0.4, 0.5) is 0 Å². The Morgan fingerprint density at radius 3 is 2.64 bits per heavy atom. The van der Waals surface area contributed by atoms with Crippen molar-refractivity contribution in [1.29, 1.82) is 0 Å². The molecule has 6 nitrogen and oxygen atoms in total. The first-order chi connectivity index (χ1) is 12.1. The molecule has 3 aromatic rings. The van der Waals surface area contributed by atoms with E-state index >= 15 is 0 Å². The van der Waals surface area contributed by atoms with E-state index in [1.54, 1.807) is 46.6 Å². The Labute approximate surface area is 147 Å². The summed E-state index contributed by atoms with van der Waals surface area (Å²) >= 11 is 1.55. The van der Waals surface area contributed by atoms with Gasteiger partial charge in [-0.15, -0.1) is 17.9 Å². The van der Waals surface area contributed by atoms with Gasteiger partial charge in [-0.25, -0.2) is 4.68 Å². The molecule has 25 heavy (non-hydrogen) atoms. The summed E-state index contributed by atoms with van der Waals surface area (Å²) in [7, 11) is 0. The second-order valence-corrected chi connectivity index (χ2v) is 6.55. The lowest BCUT2D eigenvalue weighted by molar-refractivity contribution is -0.132. The molecule has 2 aromatic heterocycles. The number of fused-ring (bicyclic) bond motifs is 1. The van der Waals surface area contributed by atoms with Crippen molar-refractivity contribution in [3.05, 3.63) is 80.0 Å². The average Bonchev–Trinajstić information content (AvgIpc) is 3.12. The van der Waals surface area contributed by atoms with Crippen molar-refractivity contribution in [2.24, 2.45) is 0 Å². The highest BCUT2D eigenvalue weighted by atomic mass is 32.1. The Kier molecular flexibility index (Phi) is 4.95. The first-order valence-corrected chi connectivity index (χ1v) is 8.61. The molecule has 128 valence electrons. The summed E-state index contributed by atoms with van der Waals surface area (Å²) in [6.45, 7) is 4.25. The van der Waals surface area contributed by atoms with Crippen LogP contribution in [0.25, 0.3) is 10.8 Å². The molecule has 0 radical (unpaired) electrons. The van der Waals surface area contributed by atoms with Gasteiger partial charge >= 0.3 is 0 Å². The Morgan fingerprint density at radius 1 is 1.20 bits per heavy atom. The number of carbonyl (C=O) groups is 1. The number of carbonyl (C=O) groups excluding carboxylic acids is 1. The number of aromatic nitrogens is 2. The molecule has 0 saturated heterocycles. The molecule has 0 saturated carbocycles. The molecule has 7 heteroatoms. The number of amides is 1. The van der Waals surface area contributed by atoms with Crippen molar-refractivity contribution < 1.29 is 4.79 Å². The lowest BCUT2D eigenvalue weighted by atomic mass is 10.2. The maximum absolute atomic E-state index is 12.6.